The van der Waals surface area contributed by atoms with Crippen LogP contribution in [0, 0.1) is 0 Å². The van der Waals surface area contributed by atoms with E-state index in [1.54, 1.807) is 0 Å². The van der Waals surface area contributed by atoms with Gasteiger partial charge in [0.2, 0.25) is 5.91 Å². The number of hydrogen-bond donors (Lipinski definition) is 1. The maximum absolute atomic E-state index is 11.9. The van der Waals surface area contributed by atoms with Crippen LogP contribution in [-0.2, 0) is 11.3 Å². The fourth-order valence-electron chi connectivity index (χ4n) is 4.64. The average molecular weight is 562 g/mol. The molecular weight excluding hydrogens is 522 g/mol. The zero-order chi connectivity index (χ0) is 28.3. The first kappa shape index (κ1) is 29.5. The third-order valence-corrected chi connectivity index (χ3v) is 6.94. The van der Waals surface area contributed by atoms with Gasteiger partial charge in [0, 0.05) is 31.1 Å². The Morgan fingerprint density at radius 1 is 0.975 bits per heavy atom. The van der Waals surface area contributed by atoms with Crippen molar-refractivity contribution in [1.29, 1.82) is 0 Å². The highest BCUT2D eigenvalue weighted by atomic mass is 35.5. The van der Waals surface area contributed by atoms with Crippen LogP contribution in [0.5, 0.6) is 11.5 Å². The van der Waals surface area contributed by atoms with Crippen LogP contribution in [0.25, 0.3) is 22.4 Å². The van der Waals surface area contributed by atoms with Gasteiger partial charge in [0.25, 0.3) is 0 Å². The number of carbonyl (C=O) groups is 1. The number of nitrogens with zero attached hydrogens (tertiary/aromatic N) is 2. The van der Waals surface area contributed by atoms with Crippen LogP contribution < -0.4 is 14.8 Å². The molecule has 4 aromatic rings. The number of fused-ring (bicyclic) bond motifs is 1. The summed E-state index contributed by atoms with van der Waals surface area (Å²) >= 11 is 6.80. The molecule has 40 heavy (non-hydrogen) atoms. The van der Waals surface area contributed by atoms with Gasteiger partial charge in [-0.1, -0.05) is 68.1 Å². The Morgan fingerprint density at radius 2 is 1.77 bits per heavy atom. The number of ether oxygens (including phenoxy) is 2. The number of nitrogens with one attached hydrogen (secondary N) is 1. The molecule has 1 heterocycles. The molecule has 0 spiro atoms. The number of hydrogen-bond acceptors (Lipinski definition) is 4. The minimum Gasteiger partial charge on any atom is -0.493 e. The minimum atomic E-state index is 0.0807. The molecule has 0 radical (unpaired) electrons. The lowest BCUT2D eigenvalue weighted by molar-refractivity contribution is -0.121. The first-order valence-corrected chi connectivity index (χ1v) is 14.7. The first-order chi connectivity index (χ1) is 19.4. The van der Waals surface area contributed by atoms with Gasteiger partial charge in [-0.2, -0.15) is 0 Å². The van der Waals surface area contributed by atoms with Gasteiger partial charge in [0.05, 0.1) is 28.8 Å². The second-order valence-corrected chi connectivity index (χ2v) is 10.7. The molecule has 0 aliphatic heterocycles. The quantitative estimate of drug-likeness (QED) is 0.149. The van der Waals surface area contributed by atoms with Crippen LogP contribution >= 0.6 is 11.6 Å². The normalized spacial score (nSPS) is 11.2. The van der Waals surface area contributed by atoms with Crippen molar-refractivity contribution in [3.63, 3.8) is 0 Å². The van der Waals surface area contributed by atoms with Crippen molar-refractivity contribution in [1.82, 2.24) is 14.9 Å². The van der Waals surface area contributed by atoms with Gasteiger partial charge < -0.3 is 19.4 Å². The first-order valence-electron chi connectivity index (χ1n) is 14.3. The number of halogens is 1. The van der Waals surface area contributed by atoms with E-state index in [9.17, 15) is 4.79 Å². The van der Waals surface area contributed by atoms with E-state index in [1.807, 2.05) is 62.4 Å². The largest absolute Gasteiger partial charge is 0.493 e. The zero-order valence-corrected chi connectivity index (χ0v) is 24.5. The van der Waals surface area contributed by atoms with Gasteiger partial charge in [-0.25, -0.2) is 4.98 Å². The summed E-state index contributed by atoms with van der Waals surface area (Å²) in [6.07, 6.45) is 5.82. The molecule has 0 bridgehead atoms. The van der Waals surface area contributed by atoms with Crippen molar-refractivity contribution >= 4 is 28.5 Å². The summed E-state index contributed by atoms with van der Waals surface area (Å²) in [6, 6.07) is 22.1. The highest BCUT2D eigenvalue weighted by Gasteiger charge is 2.17. The maximum atomic E-state index is 11.9. The van der Waals surface area contributed by atoms with Gasteiger partial charge in [-0.05, 0) is 62.6 Å². The van der Waals surface area contributed by atoms with Crippen molar-refractivity contribution in [3.8, 4) is 22.9 Å². The fourth-order valence-corrected chi connectivity index (χ4v) is 4.90. The molecule has 0 saturated heterocycles. The molecule has 0 aliphatic carbocycles. The van der Waals surface area contributed by atoms with Gasteiger partial charge in [0.15, 0.2) is 0 Å². The molecule has 0 atom stereocenters. The highest BCUT2D eigenvalue weighted by molar-refractivity contribution is 6.33. The monoisotopic (exact) mass is 561 g/mol. The lowest BCUT2D eigenvalue weighted by Crippen LogP contribution is -2.25. The molecule has 6 nitrogen and oxygen atoms in total. The maximum Gasteiger partial charge on any atom is 0.219 e. The summed E-state index contributed by atoms with van der Waals surface area (Å²) < 4.78 is 14.0. The van der Waals surface area contributed by atoms with Crippen LogP contribution in [0.1, 0.15) is 64.9 Å². The predicted octanol–water partition coefficient (Wildman–Crippen LogP) is 8.05. The molecular formula is C33H40ClN3O3. The molecule has 7 heteroatoms. The lowest BCUT2D eigenvalue weighted by Gasteiger charge is -2.13. The molecule has 0 saturated carbocycles. The Bertz CT molecular complexity index is 1380. The zero-order valence-electron chi connectivity index (χ0n) is 23.8. The number of imidazole rings is 1. The Morgan fingerprint density at radius 3 is 2.52 bits per heavy atom. The summed E-state index contributed by atoms with van der Waals surface area (Å²) in [4.78, 5) is 16.9. The SMILES string of the molecule is CCCCCCC(=O)NCCCOc1ccc(-c2nc3cc(OC(C)C)ccc3n2Cc2ccccc2)c(Cl)c1. The van der Waals surface area contributed by atoms with Gasteiger partial charge >= 0.3 is 0 Å². The van der Waals surface area contributed by atoms with Crippen molar-refractivity contribution in [2.45, 2.75) is 71.9 Å². The summed E-state index contributed by atoms with van der Waals surface area (Å²) in [5.74, 6) is 2.39. The van der Waals surface area contributed by atoms with E-state index in [-0.39, 0.29) is 12.0 Å². The summed E-state index contributed by atoms with van der Waals surface area (Å²) in [6.45, 7) is 7.96. The predicted molar refractivity (Wildman–Crippen MR) is 163 cm³/mol. The Kier molecular flexibility index (Phi) is 10.9. The number of aromatic nitrogens is 2. The van der Waals surface area contributed by atoms with Crippen LogP contribution in [0.2, 0.25) is 5.02 Å². The molecule has 4 rings (SSSR count). The molecule has 1 aromatic heterocycles. The molecule has 3 aromatic carbocycles. The van der Waals surface area contributed by atoms with Crippen LogP contribution in [0.4, 0.5) is 0 Å². The Labute approximate surface area is 242 Å². The topological polar surface area (TPSA) is 65.4 Å². The van der Waals surface area contributed by atoms with E-state index < -0.39 is 0 Å². The van der Waals surface area contributed by atoms with Gasteiger partial charge in [-0.15, -0.1) is 0 Å². The van der Waals surface area contributed by atoms with E-state index in [0.29, 0.717) is 36.9 Å². The summed E-state index contributed by atoms with van der Waals surface area (Å²) in [5, 5.41) is 3.55. The standard InChI is InChI=1S/C33H40ClN3O3/c1-4-5-6-10-14-32(38)35-19-11-20-39-26-15-17-28(29(34)21-26)33-36-30-22-27(40-24(2)3)16-18-31(30)37(33)23-25-12-8-7-9-13-25/h7-9,12-13,15-18,21-22,24H,4-6,10-11,14,19-20,23H2,1-3H3,(H,35,38). The third-order valence-electron chi connectivity index (χ3n) is 6.63. The summed E-state index contributed by atoms with van der Waals surface area (Å²) in [7, 11) is 0. The lowest BCUT2D eigenvalue weighted by atomic mass is 10.1. The van der Waals surface area contributed by atoms with Gasteiger partial charge in [0.1, 0.15) is 17.3 Å². The third kappa shape index (κ3) is 8.25. The molecule has 212 valence electrons. The van der Waals surface area contributed by atoms with E-state index in [1.165, 1.54) is 18.4 Å². The summed E-state index contributed by atoms with van der Waals surface area (Å²) in [5.41, 5.74) is 3.88. The van der Waals surface area contributed by atoms with Crippen molar-refractivity contribution in [2.75, 3.05) is 13.2 Å². The number of carbonyl (C=O) groups excluding carboxylic acids is 1. The van der Waals surface area contributed by atoms with E-state index in [0.717, 1.165) is 47.4 Å². The smallest absolute Gasteiger partial charge is 0.219 e. The van der Waals surface area contributed by atoms with Crippen molar-refractivity contribution in [3.05, 3.63) is 77.3 Å². The van der Waals surface area contributed by atoms with E-state index >= 15 is 0 Å². The molecule has 0 fully saturated rings. The average Bonchev–Trinajstić information content (AvgIpc) is 3.28. The molecule has 0 aliphatic rings. The molecule has 1 amide bonds. The fraction of sp³-hybridized carbons (Fsp3) is 0.394. The van der Waals surface area contributed by atoms with Crippen LogP contribution in [0.15, 0.2) is 66.7 Å². The van der Waals surface area contributed by atoms with Crippen LogP contribution in [0.3, 0.4) is 0 Å². The number of rotatable bonds is 15. The van der Waals surface area contributed by atoms with E-state index in [4.69, 9.17) is 26.1 Å². The van der Waals surface area contributed by atoms with Crippen LogP contribution in [-0.4, -0.2) is 34.7 Å². The Balaban J connectivity index is 1.45. The second-order valence-electron chi connectivity index (χ2n) is 10.3. The number of amides is 1. The number of unbranched alkanes of at least 4 members (excludes halogenated alkanes) is 3. The molecule has 0 unspecified atom stereocenters. The van der Waals surface area contributed by atoms with Gasteiger partial charge in [-0.3, -0.25) is 4.79 Å². The van der Waals surface area contributed by atoms with E-state index in [2.05, 4.69) is 35.0 Å². The molecule has 1 N–H and O–H groups in total. The second kappa shape index (κ2) is 14.8. The highest BCUT2D eigenvalue weighted by Crippen LogP contribution is 2.34. The number of benzene rings is 3. The minimum absolute atomic E-state index is 0.0807. The van der Waals surface area contributed by atoms with Crippen molar-refractivity contribution < 1.29 is 14.3 Å². The Hall–Kier alpha value is -3.51. The van der Waals surface area contributed by atoms with Crippen molar-refractivity contribution in [2.24, 2.45) is 0 Å².